The second kappa shape index (κ2) is 9.89. The minimum Gasteiger partial charge on any atom is -0.484 e. The third-order valence-electron chi connectivity index (χ3n) is 4.14. The van der Waals surface area contributed by atoms with Gasteiger partial charge in [0.25, 0.3) is 15.9 Å². The van der Waals surface area contributed by atoms with Crippen LogP contribution in [0, 0.1) is 0 Å². The molecule has 2 rings (SSSR count). The second-order valence-corrected chi connectivity index (χ2v) is 7.64. The van der Waals surface area contributed by atoms with Gasteiger partial charge in [-0.05, 0) is 62.7 Å². The zero-order chi connectivity index (χ0) is 20.6. The number of benzene rings is 2. The van der Waals surface area contributed by atoms with Gasteiger partial charge in [0, 0.05) is 13.1 Å². The SMILES string of the molecule is CCN(CC)C(=O)COc1ccc(/C(C)=N\NS(=O)(=O)c2ccccc2)cc1. The summed E-state index contributed by atoms with van der Waals surface area (Å²) in [6.45, 7) is 6.81. The third-order valence-corrected chi connectivity index (χ3v) is 5.36. The van der Waals surface area contributed by atoms with Gasteiger partial charge < -0.3 is 9.64 Å². The zero-order valence-electron chi connectivity index (χ0n) is 16.3. The Kier molecular flexibility index (Phi) is 7.57. The molecule has 0 radical (unpaired) electrons. The fraction of sp³-hybridized carbons (Fsp3) is 0.300. The average molecular weight is 404 g/mol. The number of carbonyl (C=O) groups excluding carboxylic acids is 1. The van der Waals surface area contributed by atoms with E-state index < -0.39 is 10.0 Å². The van der Waals surface area contributed by atoms with Crippen LogP contribution in [-0.4, -0.2) is 44.6 Å². The molecular weight excluding hydrogens is 378 g/mol. The van der Waals surface area contributed by atoms with Crippen molar-refractivity contribution in [3.63, 3.8) is 0 Å². The molecule has 0 spiro atoms. The van der Waals surface area contributed by atoms with Crippen LogP contribution in [0.15, 0.2) is 64.6 Å². The monoisotopic (exact) mass is 403 g/mol. The molecule has 0 heterocycles. The summed E-state index contributed by atoms with van der Waals surface area (Å²) in [5.41, 5.74) is 1.24. The Morgan fingerprint density at radius 3 is 2.21 bits per heavy atom. The maximum atomic E-state index is 12.2. The highest BCUT2D eigenvalue weighted by Gasteiger charge is 2.12. The highest BCUT2D eigenvalue weighted by atomic mass is 32.2. The van der Waals surface area contributed by atoms with Crippen molar-refractivity contribution >= 4 is 21.6 Å². The largest absolute Gasteiger partial charge is 0.484 e. The predicted molar refractivity (Wildman–Crippen MR) is 109 cm³/mol. The highest BCUT2D eigenvalue weighted by Crippen LogP contribution is 2.13. The van der Waals surface area contributed by atoms with Crippen molar-refractivity contribution in [2.45, 2.75) is 25.7 Å². The second-order valence-electron chi connectivity index (χ2n) is 5.98. The van der Waals surface area contributed by atoms with Crippen LogP contribution in [0.3, 0.4) is 0 Å². The first-order valence-corrected chi connectivity index (χ1v) is 10.5. The van der Waals surface area contributed by atoms with Crippen LogP contribution in [-0.2, 0) is 14.8 Å². The van der Waals surface area contributed by atoms with Gasteiger partial charge in [0.15, 0.2) is 6.61 Å². The molecule has 0 saturated heterocycles. The van der Waals surface area contributed by atoms with E-state index in [1.165, 1.54) is 12.1 Å². The molecule has 7 nitrogen and oxygen atoms in total. The summed E-state index contributed by atoms with van der Waals surface area (Å²) in [7, 11) is -3.71. The van der Waals surface area contributed by atoms with Crippen LogP contribution < -0.4 is 9.57 Å². The number of rotatable bonds is 9. The lowest BCUT2D eigenvalue weighted by Gasteiger charge is -2.18. The van der Waals surface area contributed by atoms with E-state index in [1.54, 1.807) is 54.3 Å². The first-order chi connectivity index (χ1) is 13.4. The number of hydrazone groups is 1. The fourth-order valence-electron chi connectivity index (χ4n) is 2.45. The molecule has 0 aliphatic heterocycles. The van der Waals surface area contributed by atoms with Crippen molar-refractivity contribution in [2.24, 2.45) is 5.10 Å². The van der Waals surface area contributed by atoms with E-state index in [4.69, 9.17) is 4.74 Å². The van der Waals surface area contributed by atoms with Gasteiger partial charge in [-0.15, -0.1) is 0 Å². The molecule has 1 amide bonds. The van der Waals surface area contributed by atoms with Crippen LogP contribution in [0.2, 0.25) is 0 Å². The van der Waals surface area contributed by atoms with Crippen LogP contribution in [0.25, 0.3) is 0 Å². The first-order valence-electron chi connectivity index (χ1n) is 8.99. The number of likely N-dealkylation sites (N-methyl/N-ethyl adjacent to an activating group) is 1. The van der Waals surface area contributed by atoms with Crippen molar-refractivity contribution in [1.29, 1.82) is 0 Å². The molecule has 0 aromatic heterocycles. The Bertz CT molecular complexity index is 906. The van der Waals surface area contributed by atoms with Gasteiger partial charge >= 0.3 is 0 Å². The Morgan fingerprint density at radius 1 is 1.04 bits per heavy atom. The lowest BCUT2D eigenvalue weighted by Crippen LogP contribution is -2.34. The molecular formula is C20H25N3O4S. The van der Waals surface area contributed by atoms with Crippen molar-refractivity contribution < 1.29 is 17.9 Å². The molecule has 150 valence electrons. The van der Waals surface area contributed by atoms with E-state index >= 15 is 0 Å². The molecule has 0 aliphatic carbocycles. The van der Waals surface area contributed by atoms with E-state index in [2.05, 4.69) is 9.93 Å². The van der Waals surface area contributed by atoms with Gasteiger partial charge in [-0.1, -0.05) is 18.2 Å². The fourth-order valence-corrected chi connectivity index (χ4v) is 3.33. The molecule has 2 aromatic rings. The van der Waals surface area contributed by atoms with E-state index in [0.29, 0.717) is 24.6 Å². The molecule has 1 N–H and O–H groups in total. The lowest BCUT2D eigenvalue weighted by molar-refractivity contribution is -0.132. The molecule has 0 bridgehead atoms. The molecule has 0 saturated carbocycles. The number of carbonyl (C=O) groups is 1. The summed E-state index contributed by atoms with van der Waals surface area (Å²) < 4.78 is 29.9. The van der Waals surface area contributed by atoms with Gasteiger partial charge in [-0.3, -0.25) is 4.79 Å². The van der Waals surface area contributed by atoms with E-state index in [1.807, 2.05) is 13.8 Å². The Hall–Kier alpha value is -2.87. The molecule has 8 heteroatoms. The highest BCUT2D eigenvalue weighted by molar-refractivity contribution is 7.89. The minimum absolute atomic E-state index is 0.0228. The molecule has 0 aliphatic rings. The van der Waals surface area contributed by atoms with Gasteiger partial charge in [0.1, 0.15) is 5.75 Å². The van der Waals surface area contributed by atoms with E-state index in [9.17, 15) is 13.2 Å². The molecule has 0 unspecified atom stereocenters. The smallest absolute Gasteiger partial charge is 0.276 e. The number of hydrogen-bond donors (Lipinski definition) is 1. The maximum absolute atomic E-state index is 12.2. The number of nitrogens with one attached hydrogen (secondary N) is 1. The normalized spacial score (nSPS) is 11.8. The summed E-state index contributed by atoms with van der Waals surface area (Å²) >= 11 is 0. The quantitative estimate of drug-likeness (QED) is 0.515. The number of ether oxygens (including phenoxy) is 1. The number of nitrogens with zero attached hydrogens (tertiary/aromatic N) is 2. The van der Waals surface area contributed by atoms with Gasteiger partial charge in [0.05, 0.1) is 10.6 Å². The summed E-state index contributed by atoms with van der Waals surface area (Å²) in [5.74, 6) is 0.490. The Labute approximate surface area is 166 Å². The molecule has 0 atom stereocenters. The Balaban J connectivity index is 1.98. The maximum Gasteiger partial charge on any atom is 0.276 e. The van der Waals surface area contributed by atoms with Crippen LogP contribution in [0.1, 0.15) is 26.3 Å². The first kappa shape index (κ1) is 21.4. The van der Waals surface area contributed by atoms with E-state index in [-0.39, 0.29) is 17.4 Å². The van der Waals surface area contributed by atoms with Crippen LogP contribution in [0.4, 0.5) is 0 Å². The van der Waals surface area contributed by atoms with Gasteiger partial charge in [-0.2, -0.15) is 18.4 Å². The Morgan fingerprint density at radius 2 is 1.64 bits per heavy atom. The van der Waals surface area contributed by atoms with Crippen molar-refractivity contribution in [2.75, 3.05) is 19.7 Å². The third kappa shape index (κ3) is 5.82. The van der Waals surface area contributed by atoms with Crippen molar-refractivity contribution in [3.8, 4) is 5.75 Å². The number of sulfonamides is 1. The van der Waals surface area contributed by atoms with Crippen LogP contribution in [0.5, 0.6) is 5.75 Å². The predicted octanol–water partition coefficient (Wildman–Crippen LogP) is 2.64. The van der Waals surface area contributed by atoms with Crippen LogP contribution >= 0.6 is 0 Å². The molecule has 28 heavy (non-hydrogen) atoms. The summed E-state index contributed by atoms with van der Waals surface area (Å²) in [6, 6.07) is 15.0. The molecule has 2 aromatic carbocycles. The standard InChI is InChI=1S/C20H25N3O4S/c1-4-23(5-2)20(24)15-27-18-13-11-17(12-14-18)16(3)21-22-28(25,26)19-9-7-6-8-10-19/h6-14,22H,4-5,15H2,1-3H3/b21-16-. The van der Waals surface area contributed by atoms with Crippen molar-refractivity contribution in [1.82, 2.24) is 9.73 Å². The van der Waals surface area contributed by atoms with E-state index in [0.717, 1.165) is 5.56 Å². The topological polar surface area (TPSA) is 88.1 Å². The average Bonchev–Trinajstić information content (AvgIpc) is 2.72. The zero-order valence-corrected chi connectivity index (χ0v) is 17.1. The number of amides is 1. The lowest BCUT2D eigenvalue weighted by atomic mass is 10.1. The summed E-state index contributed by atoms with van der Waals surface area (Å²) in [5, 5.41) is 3.97. The number of hydrogen-bond acceptors (Lipinski definition) is 5. The summed E-state index contributed by atoms with van der Waals surface area (Å²) in [4.78, 5) is 16.0. The minimum atomic E-state index is -3.71. The van der Waals surface area contributed by atoms with Crippen molar-refractivity contribution in [3.05, 3.63) is 60.2 Å². The summed E-state index contributed by atoms with van der Waals surface area (Å²) in [6.07, 6.45) is 0. The van der Waals surface area contributed by atoms with Gasteiger partial charge in [0.2, 0.25) is 0 Å². The van der Waals surface area contributed by atoms with Gasteiger partial charge in [-0.25, -0.2) is 0 Å². The molecule has 0 fully saturated rings.